The highest BCUT2D eigenvalue weighted by atomic mass is 79.9. The first-order chi connectivity index (χ1) is 13.5. The van der Waals surface area contributed by atoms with E-state index in [4.69, 9.17) is 0 Å². The van der Waals surface area contributed by atoms with Gasteiger partial charge in [-0.15, -0.1) is 10.2 Å². The molecule has 0 unspecified atom stereocenters. The third-order valence-electron chi connectivity index (χ3n) is 3.59. The summed E-state index contributed by atoms with van der Waals surface area (Å²) in [6.07, 6.45) is 1.58. The second kappa shape index (κ2) is 9.34. The van der Waals surface area contributed by atoms with Gasteiger partial charge in [0.2, 0.25) is 11.0 Å². The Balaban J connectivity index is 1.50. The molecular weight excluding hydrogens is 442 g/mol. The number of aromatic nitrogens is 2. The fourth-order valence-corrected chi connectivity index (χ4v) is 3.15. The Labute approximate surface area is 174 Å². The quantitative estimate of drug-likeness (QED) is 0.436. The summed E-state index contributed by atoms with van der Waals surface area (Å²) in [6.45, 7) is 1.95. The van der Waals surface area contributed by atoms with E-state index < -0.39 is 0 Å². The zero-order valence-corrected chi connectivity index (χ0v) is 17.3. The second-order valence-corrected chi connectivity index (χ2v) is 7.82. The SMILES string of the molecule is Cc1ccc(C(=O)Nc2nnc(CC(=O)N/N=C/c3ccc(Br)cc3)s2)cc1. The van der Waals surface area contributed by atoms with Gasteiger partial charge in [0.05, 0.1) is 12.6 Å². The number of hydrazone groups is 1. The van der Waals surface area contributed by atoms with E-state index in [0.717, 1.165) is 26.9 Å². The fraction of sp³-hybridized carbons (Fsp3) is 0.105. The number of aryl methyl sites for hydroxylation is 1. The third kappa shape index (κ3) is 5.80. The van der Waals surface area contributed by atoms with Crippen LogP contribution in [0.2, 0.25) is 0 Å². The maximum Gasteiger partial charge on any atom is 0.257 e. The van der Waals surface area contributed by atoms with Gasteiger partial charge in [-0.25, -0.2) is 5.43 Å². The highest BCUT2D eigenvalue weighted by Crippen LogP contribution is 2.17. The Morgan fingerprint density at radius 1 is 1.11 bits per heavy atom. The number of anilines is 1. The number of nitrogens with one attached hydrogen (secondary N) is 2. The van der Waals surface area contributed by atoms with Crippen LogP contribution < -0.4 is 10.7 Å². The Kier molecular flexibility index (Phi) is 6.62. The van der Waals surface area contributed by atoms with Gasteiger partial charge in [0.25, 0.3) is 5.91 Å². The lowest BCUT2D eigenvalue weighted by molar-refractivity contribution is -0.120. The first kappa shape index (κ1) is 19.8. The molecule has 0 aliphatic heterocycles. The Hall–Kier alpha value is -2.91. The molecule has 2 N–H and O–H groups in total. The van der Waals surface area contributed by atoms with E-state index in [-0.39, 0.29) is 18.2 Å². The molecule has 0 bridgehead atoms. The van der Waals surface area contributed by atoms with Crippen molar-refractivity contribution in [3.63, 3.8) is 0 Å². The predicted octanol–water partition coefficient (Wildman–Crippen LogP) is 3.55. The van der Waals surface area contributed by atoms with Crippen molar-refractivity contribution in [1.29, 1.82) is 0 Å². The van der Waals surface area contributed by atoms with Gasteiger partial charge < -0.3 is 0 Å². The summed E-state index contributed by atoms with van der Waals surface area (Å²) in [7, 11) is 0. The molecular formula is C19H16BrN5O2S. The summed E-state index contributed by atoms with van der Waals surface area (Å²) >= 11 is 4.50. The molecule has 3 aromatic rings. The molecule has 1 aromatic heterocycles. The summed E-state index contributed by atoms with van der Waals surface area (Å²) in [5.74, 6) is -0.591. The minimum Gasteiger partial charge on any atom is -0.296 e. The number of hydrogen-bond donors (Lipinski definition) is 2. The molecule has 2 amide bonds. The number of rotatable bonds is 6. The average Bonchev–Trinajstić information content (AvgIpc) is 3.10. The summed E-state index contributed by atoms with van der Waals surface area (Å²) in [5, 5.41) is 15.2. The number of halogens is 1. The average molecular weight is 458 g/mol. The van der Waals surface area contributed by atoms with Crippen molar-refractivity contribution in [2.45, 2.75) is 13.3 Å². The summed E-state index contributed by atoms with van der Waals surface area (Å²) < 4.78 is 0.968. The van der Waals surface area contributed by atoms with Crippen LogP contribution in [-0.4, -0.2) is 28.2 Å². The molecule has 7 nitrogen and oxygen atoms in total. The van der Waals surface area contributed by atoms with Crippen LogP contribution in [0.25, 0.3) is 0 Å². The standard InChI is InChI=1S/C19H16BrN5O2S/c1-12-2-6-14(7-3-12)18(27)22-19-25-24-17(28-19)10-16(26)23-21-11-13-4-8-15(20)9-5-13/h2-9,11H,10H2,1H3,(H,23,26)(H,22,25,27)/b21-11+. The van der Waals surface area contributed by atoms with Crippen molar-refractivity contribution in [2.24, 2.45) is 5.10 Å². The lowest BCUT2D eigenvalue weighted by Gasteiger charge is -2.01. The van der Waals surface area contributed by atoms with Gasteiger partial charge >= 0.3 is 0 Å². The van der Waals surface area contributed by atoms with Gasteiger partial charge in [-0.05, 0) is 36.8 Å². The smallest absolute Gasteiger partial charge is 0.257 e. The Morgan fingerprint density at radius 3 is 2.54 bits per heavy atom. The maximum atomic E-state index is 12.2. The van der Waals surface area contributed by atoms with Crippen LogP contribution in [0.1, 0.15) is 26.5 Å². The van der Waals surface area contributed by atoms with E-state index in [2.05, 4.69) is 42.0 Å². The number of nitrogens with zero attached hydrogens (tertiary/aromatic N) is 3. The largest absolute Gasteiger partial charge is 0.296 e. The van der Waals surface area contributed by atoms with Crippen LogP contribution in [0.15, 0.2) is 58.1 Å². The van der Waals surface area contributed by atoms with Crippen molar-refractivity contribution in [1.82, 2.24) is 15.6 Å². The fourth-order valence-electron chi connectivity index (χ4n) is 2.15. The van der Waals surface area contributed by atoms with E-state index in [1.54, 1.807) is 18.3 Å². The van der Waals surface area contributed by atoms with Crippen LogP contribution >= 0.6 is 27.3 Å². The minimum atomic E-state index is -0.319. The molecule has 0 aliphatic carbocycles. The van der Waals surface area contributed by atoms with Crippen molar-refractivity contribution in [3.8, 4) is 0 Å². The maximum absolute atomic E-state index is 12.2. The summed E-state index contributed by atoms with van der Waals surface area (Å²) in [6, 6.07) is 14.7. The molecule has 0 saturated carbocycles. The van der Waals surface area contributed by atoms with Crippen molar-refractivity contribution in [3.05, 3.63) is 74.7 Å². The summed E-state index contributed by atoms with van der Waals surface area (Å²) in [5.41, 5.74) is 4.91. The second-order valence-electron chi connectivity index (χ2n) is 5.84. The van der Waals surface area contributed by atoms with Gasteiger partial charge in [0, 0.05) is 10.0 Å². The Bertz CT molecular complexity index is 1000. The lowest BCUT2D eigenvalue weighted by atomic mass is 10.1. The molecule has 3 rings (SSSR count). The van der Waals surface area contributed by atoms with E-state index in [0.29, 0.717) is 15.7 Å². The molecule has 0 aliphatic rings. The van der Waals surface area contributed by atoms with E-state index in [1.807, 2.05) is 43.3 Å². The monoisotopic (exact) mass is 457 g/mol. The molecule has 0 saturated heterocycles. The first-order valence-corrected chi connectivity index (χ1v) is 9.88. The zero-order chi connectivity index (χ0) is 19.9. The molecule has 0 atom stereocenters. The number of amides is 2. The number of hydrogen-bond acceptors (Lipinski definition) is 6. The normalized spacial score (nSPS) is 10.8. The number of carbonyl (C=O) groups is 2. The topological polar surface area (TPSA) is 96.3 Å². The summed E-state index contributed by atoms with van der Waals surface area (Å²) in [4.78, 5) is 24.1. The molecule has 2 aromatic carbocycles. The van der Waals surface area contributed by atoms with Gasteiger partial charge in [-0.2, -0.15) is 5.10 Å². The zero-order valence-electron chi connectivity index (χ0n) is 14.8. The number of benzene rings is 2. The van der Waals surface area contributed by atoms with Crippen molar-refractivity contribution in [2.75, 3.05) is 5.32 Å². The first-order valence-electron chi connectivity index (χ1n) is 8.27. The lowest BCUT2D eigenvalue weighted by Crippen LogP contribution is -2.19. The van der Waals surface area contributed by atoms with Crippen LogP contribution in [0.4, 0.5) is 5.13 Å². The third-order valence-corrected chi connectivity index (χ3v) is 4.95. The molecule has 0 spiro atoms. The molecule has 1 heterocycles. The predicted molar refractivity (Wildman–Crippen MR) is 113 cm³/mol. The molecule has 142 valence electrons. The number of carbonyl (C=O) groups excluding carboxylic acids is 2. The van der Waals surface area contributed by atoms with E-state index in [1.165, 1.54) is 0 Å². The van der Waals surface area contributed by atoms with Crippen LogP contribution in [0.3, 0.4) is 0 Å². The highest BCUT2D eigenvalue weighted by Gasteiger charge is 2.12. The molecule has 28 heavy (non-hydrogen) atoms. The molecule has 0 radical (unpaired) electrons. The molecule has 9 heteroatoms. The van der Waals surface area contributed by atoms with Gasteiger partial charge in [-0.3, -0.25) is 14.9 Å². The van der Waals surface area contributed by atoms with E-state index >= 15 is 0 Å². The van der Waals surface area contributed by atoms with Crippen LogP contribution in [0, 0.1) is 6.92 Å². The van der Waals surface area contributed by atoms with E-state index in [9.17, 15) is 9.59 Å². The highest BCUT2D eigenvalue weighted by molar-refractivity contribution is 9.10. The minimum absolute atomic E-state index is 0.0236. The van der Waals surface area contributed by atoms with Gasteiger partial charge in [0.15, 0.2) is 0 Å². The van der Waals surface area contributed by atoms with Gasteiger partial charge in [0.1, 0.15) is 5.01 Å². The van der Waals surface area contributed by atoms with Crippen molar-refractivity contribution < 1.29 is 9.59 Å². The Morgan fingerprint density at radius 2 is 1.82 bits per heavy atom. The van der Waals surface area contributed by atoms with Gasteiger partial charge in [-0.1, -0.05) is 57.1 Å². The molecule has 0 fully saturated rings. The van der Waals surface area contributed by atoms with Crippen molar-refractivity contribution >= 4 is 50.4 Å². The van der Waals surface area contributed by atoms with Crippen LogP contribution in [0.5, 0.6) is 0 Å². The van der Waals surface area contributed by atoms with Crippen LogP contribution in [-0.2, 0) is 11.2 Å².